The van der Waals surface area contributed by atoms with Crippen molar-refractivity contribution in [1.82, 2.24) is 10.2 Å². The van der Waals surface area contributed by atoms with E-state index in [1.807, 2.05) is 41.3 Å². The smallest absolute Gasteiger partial charge is 0.263 e. The van der Waals surface area contributed by atoms with Crippen molar-refractivity contribution in [1.29, 1.82) is 0 Å². The van der Waals surface area contributed by atoms with Crippen LogP contribution in [0.25, 0.3) is 0 Å². The van der Waals surface area contributed by atoms with Gasteiger partial charge in [-0.05, 0) is 50.1 Å². The molecule has 2 atom stereocenters. The molecule has 144 valence electrons. The van der Waals surface area contributed by atoms with Crippen LogP contribution >= 0.6 is 23.2 Å². The van der Waals surface area contributed by atoms with Gasteiger partial charge in [-0.3, -0.25) is 4.79 Å². The predicted molar refractivity (Wildman–Crippen MR) is 109 cm³/mol. The lowest BCUT2D eigenvalue weighted by molar-refractivity contribution is -0.139. The van der Waals surface area contributed by atoms with E-state index in [1.54, 1.807) is 19.1 Å². The highest BCUT2D eigenvalue weighted by Crippen LogP contribution is 2.25. The minimum atomic E-state index is -0.645. The van der Waals surface area contributed by atoms with Crippen molar-refractivity contribution in [3.63, 3.8) is 0 Å². The Morgan fingerprint density at radius 1 is 1.19 bits per heavy atom. The van der Waals surface area contributed by atoms with E-state index in [-0.39, 0.29) is 5.91 Å². The van der Waals surface area contributed by atoms with E-state index in [4.69, 9.17) is 27.9 Å². The molecule has 1 unspecified atom stereocenters. The van der Waals surface area contributed by atoms with Crippen LogP contribution in [-0.4, -0.2) is 36.0 Å². The molecular formula is C21H24Cl2N2O2. The van der Waals surface area contributed by atoms with E-state index in [2.05, 4.69) is 5.32 Å². The molecule has 0 aromatic heterocycles. The van der Waals surface area contributed by atoms with Crippen LogP contribution in [0.4, 0.5) is 0 Å². The molecule has 1 aliphatic rings. The minimum absolute atomic E-state index is 0.0801. The van der Waals surface area contributed by atoms with Crippen LogP contribution in [0.5, 0.6) is 5.75 Å². The van der Waals surface area contributed by atoms with Crippen LogP contribution in [0.15, 0.2) is 48.5 Å². The summed E-state index contributed by atoms with van der Waals surface area (Å²) in [6.45, 7) is 3.82. The molecule has 3 rings (SSSR count). The highest BCUT2D eigenvalue weighted by atomic mass is 35.5. The largest absolute Gasteiger partial charge is 0.479 e. The number of hydrogen-bond donors (Lipinski definition) is 1. The molecule has 27 heavy (non-hydrogen) atoms. The summed E-state index contributed by atoms with van der Waals surface area (Å²) in [5.74, 6) is 0.431. The maximum Gasteiger partial charge on any atom is 0.263 e. The summed E-state index contributed by atoms with van der Waals surface area (Å²) in [7, 11) is 0. The van der Waals surface area contributed by atoms with Crippen molar-refractivity contribution in [2.75, 3.05) is 13.1 Å². The zero-order valence-corrected chi connectivity index (χ0v) is 16.8. The first-order valence-corrected chi connectivity index (χ1v) is 9.97. The van der Waals surface area contributed by atoms with Gasteiger partial charge in [-0.1, -0.05) is 53.5 Å². The second-order valence-electron chi connectivity index (χ2n) is 6.79. The molecule has 4 nitrogen and oxygen atoms in total. The van der Waals surface area contributed by atoms with Gasteiger partial charge in [0.2, 0.25) is 0 Å². The Hall–Kier alpha value is -1.75. The molecule has 1 aliphatic heterocycles. The lowest BCUT2D eigenvalue weighted by Crippen LogP contribution is -2.45. The van der Waals surface area contributed by atoms with Crippen molar-refractivity contribution >= 4 is 29.1 Å². The zero-order valence-electron chi connectivity index (χ0n) is 15.3. The fraction of sp³-hybridized carbons (Fsp3) is 0.381. The lowest BCUT2D eigenvalue weighted by Gasteiger charge is -2.29. The van der Waals surface area contributed by atoms with Crippen molar-refractivity contribution < 1.29 is 9.53 Å². The van der Waals surface area contributed by atoms with Gasteiger partial charge in [0.1, 0.15) is 5.75 Å². The molecule has 1 fully saturated rings. The Bertz CT molecular complexity index is 778. The number of nitrogens with one attached hydrogen (secondary N) is 1. The number of benzene rings is 2. The summed E-state index contributed by atoms with van der Waals surface area (Å²) >= 11 is 12.5. The molecule has 0 bridgehead atoms. The van der Waals surface area contributed by atoms with Gasteiger partial charge >= 0.3 is 0 Å². The van der Waals surface area contributed by atoms with Crippen LogP contribution in [0.2, 0.25) is 10.0 Å². The number of para-hydroxylation sites is 1. The quantitative estimate of drug-likeness (QED) is 0.733. The second-order valence-corrected chi connectivity index (χ2v) is 7.61. The van der Waals surface area contributed by atoms with E-state index < -0.39 is 6.10 Å². The third-order valence-electron chi connectivity index (χ3n) is 4.72. The Morgan fingerprint density at radius 3 is 2.56 bits per heavy atom. The molecule has 1 saturated heterocycles. The third-order valence-corrected chi connectivity index (χ3v) is 5.40. The van der Waals surface area contributed by atoms with Gasteiger partial charge in [0.15, 0.2) is 6.10 Å². The summed E-state index contributed by atoms with van der Waals surface area (Å²) in [6, 6.07) is 15.1. The van der Waals surface area contributed by atoms with Crippen LogP contribution < -0.4 is 10.1 Å². The number of nitrogens with zero attached hydrogens (tertiary/aromatic N) is 1. The fourth-order valence-electron chi connectivity index (χ4n) is 3.28. The third kappa shape index (κ3) is 5.38. The first-order valence-electron chi connectivity index (χ1n) is 9.21. The SMILES string of the molecule is CC(Oc1ccccc1Cl)C(=O)N(Cc1ccccc1Cl)C[C@H]1CCCN1. The van der Waals surface area contributed by atoms with Crippen LogP contribution in [0.1, 0.15) is 25.3 Å². The van der Waals surface area contributed by atoms with Gasteiger partial charge in [0, 0.05) is 24.2 Å². The summed E-state index contributed by atoms with van der Waals surface area (Å²) in [5, 5.41) is 4.61. The molecule has 1 heterocycles. The minimum Gasteiger partial charge on any atom is -0.479 e. The van der Waals surface area contributed by atoms with Gasteiger partial charge in [0.05, 0.1) is 5.02 Å². The summed E-state index contributed by atoms with van der Waals surface area (Å²) in [6.07, 6.45) is 1.55. The number of carbonyl (C=O) groups is 1. The molecule has 1 N–H and O–H groups in total. The Kier molecular flexibility index (Phi) is 7.00. The maximum absolute atomic E-state index is 13.1. The maximum atomic E-state index is 13.1. The standard InChI is InChI=1S/C21H24Cl2N2O2/c1-15(27-20-11-5-4-10-19(20)23)21(26)25(14-17-8-6-12-24-17)13-16-7-2-3-9-18(16)22/h2-5,7,9-11,15,17,24H,6,8,12-14H2,1H3/t15?,17-/m1/s1. The molecule has 2 aromatic carbocycles. The molecular weight excluding hydrogens is 383 g/mol. The highest BCUT2D eigenvalue weighted by molar-refractivity contribution is 6.32. The van der Waals surface area contributed by atoms with E-state index in [0.717, 1.165) is 24.9 Å². The topological polar surface area (TPSA) is 41.6 Å². The number of amides is 1. The van der Waals surface area contributed by atoms with Crippen molar-refractivity contribution in [3.8, 4) is 5.75 Å². The van der Waals surface area contributed by atoms with Gasteiger partial charge in [0.25, 0.3) is 5.91 Å². The van der Waals surface area contributed by atoms with Gasteiger partial charge in [-0.15, -0.1) is 0 Å². The predicted octanol–water partition coefficient (Wildman–Crippen LogP) is 4.54. The van der Waals surface area contributed by atoms with Crippen LogP contribution in [0, 0.1) is 0 Å². The van der Waals surface area contributed by atoms with Crippen LogP contribution in [-0.2, 0) is 11.3 Å². The van der Waals surface area contributed by atoms with Gasteiger partial charge in [-0.2, -0.15) is 0 Å². The first kappa shape index (κ1) is 20.0. The van der Waals surface area contributed by atoms with Crippen molar-refractivity contribution in [3.05, 3.63) is 64.1 Å². The average molecular weight is 407 g/mol. The summed E-state index contributed by atoms with van der Waals surface area (Å²) < 4.78 is 5.84. The number of halogens is 2. The van der Waals surface area contributed by atoms with Crippen molar-refractivity contribution in [2.45, 2.75) is 38.5 Å². The average Bonchev–Trinajstić information content (AvgIpc) is 3.17. The molecule has 0 spiro atoms. The van der Waals surface area contributed by atoms with E-state index >= 15 is 0 Å². The molecule has 1 amide bonds. The number of hydrogen-bond acceptors (Lipinski definition) is 3. The fourth-order valence-corrected chi connectivity index (χ4v) is 3.66. The first-order chi connectivity index (χ1) is 13.0. The Morgan fingerprint density at radius 2 is 1.89 bits per heavy atom. The van der Waals surface area contributed by atoms with E-state index in [1.165, 1.54) is 0 Å². The molecule has 2 aromatic rings. The molecule has 0 aliphatic carbocycles. The number of ether oxygens (including phenoxy) is 1. The zero-order chi connectivity index (χ0) is 19.2. The van der Waals surface area contributed by atoms with Gasteiger partial charge < -0.3 is 15.0 Å². The summed E-state index contributed by atoms with van der Waals surface area (Å²) in [5.41, 5.74) is 0.926. The second kappa shape index (κ2) is 9.45. The Labute approximate surface area is 170 Å². The molecule has 6 heteroatoms. The molecule has 0 saturated carbocycles. The highest BCUT2D eigenvalue weighted by Gasteiger charge is 2.27. The normalized spacial score (nSPS) is 17.5. The Balaban J connectivity index is 1.74. The van der Waals surface area contributed by atoms with E-state index in [9.17, 15) is 4.79 Å². The van der Waals surface area contributed by atoms with Crippen molar-refractivity contribution in [2.24, 2.45) is 0 Å². The van der Waals surface area contributed by atoms with E-state index in [0.29, 0.717) is 34.9 Å². The monoisotopic (exact) mass is 406 g/mol. The number of rotatable bonds is 7. The van der Waals surface area contributed by atoms with Gasteiger partial charge in [-0.25, -0.2) is 0 Å². The summed E-state index contributed by atoms with van der Waals surface area (Å²) in [4.78, 5) is 15.0. The van der Waals surface area contributed by atoms with Crippen LogP contribution in [0.3, 0.4) is 0 Å². The lowest BCUT2D eigenvalue weighted by atomic mass is 10.1. The molecule has 0 radical (unpaired) electrons. The number of carbonyl (C=O) groups excluding carboxylic acids is 1.